The number of aliphatic imine (C=N–C) groups is 1. The predicted molar refractivity (Wildman–Crippen MR) is 40.0 cm³/mol. The molecule has 6 nitrogen and oxygen atoms in total. The topological polar surface area (TPSA) is 126 Å². The minimum absolute atomic E-state index is 0.120. The Balaban J connectivity index is 3.88. The van der Waals surface area contributed by atoms with Crippen LogP contribution in [-0.4, -0.2) is 11.9 Å². The molecular formula is C4H10N6. The molecule has 0 aromatic rings. The smallest absolute Gasteiger partial charge is 0.223 e. The van der Waals surface area contributed by atoms with Crippen LogP contribution in [0.3, 0.4) is 0 Å². The third-order valence-electron chi connectivity index (χ3n) is 0.520. The molecule has 0 aromatic carbocycles. The zero-order chi connectivity index (χ0) is 8.15. The van der Waals surface area contributed by atoms with E-state index in [9.17, 15) is 0 Å². The lowest BCUT2D eigenvalue weighted by Crippen LogP contribution is -2.30. The Morgan fingerprint density at radius 1 is 1.40 bits per heavy atom. The standard InChI is InChI=1S/C4H10N6/c1-2(5)9-4(8)10-3(6)7/h1,5H2,(H6,6,7,8,9,10). The van der Waals surface area contributed by atoms with Crippen LogP contribution in [0, 0.1) is 5.41 Å². The van der Waals surface area contributed by atoms with E-state index < -0.39 is 0 Å². The molecule has 6 heteroatoms. The largest absolute Gasteiger partial charge is 0.386 e. The van der Waals surface area contributed by atoms with Crippen LogP contribution in [0.25, 0.3) is 0 Å². The van der Waals surface area contributed by atoms with Crippen molar-refractivity contribution < 1.29 is 0 Å². The summed E-state index contributed by atoms with van der Waals surface area (Å²) in [6.45, 7) is 3.28. The lowest BCUT2D eigenvalue weighted by atomic mass is 10.8. The zero-order valence-corrected chi connectivity index (χ0v) is 5.39. The summed E-state index contributed by atoms with van der Waals surface area (Å²) in [5.74, 6) is -0.304. The van der Waals surface area contributed by atoms with Crippen molar-refractivity contribution in [3.63, 3.8) is 0 Å². The maximum Gasteiger partial charge on any atom is 0.223 e. The predicted octanol–water partition coefficient (Wildman–Crippen LogP) is -1.79. The van der Waals surface area contributed by atoms with E-state index in [1.165, 1.54) is 0 Å². The van der Waals surface area contributed by atoms with E-state index in [0.717, 1.165) is 0 Å². The maximum absolute atomic E-state index is 6.95. The molecule has 0 saturated carbocycles. The number of hydrogen-bond acceptors (Lipinski definition) is 2. The van der Waals surface area contributed by atoms with Crippen LogP contribution in [0.4, 0.5) is 0 Å². The summed E-state index contributed by atoms with van der Waals surface area (Å²) in [5, 5.41) is 9.24. The van der Waals surface area contributed by atoms with E-state index in [-0.39, 0.29) is 17.7 Å². The van der Waals surface area contributed by atoms with Gasteiger partial charge in [-0.05, 0) is 0 Å². The lowest BCUT2D eigenvalue weighted by Gasteiger charge is -2.00. The van der Waals surface area contributed by atoms with Gasteiger partial charge in [-0.2, -0.15) is 4.99 Å². The van der Waals surface area contributed by atoms with Gasteiger partial charge in [-0.1, -0.05) is 6.58 Å². The molecule has 0 spiro atoms. The SMILES string of the molecule is C=C(N)NC(=N)N=C(N)N. The van der Waals surface area contributed by atoms with Gasteiger partial charge < -0.3 is 22.5 Å². The summed E-state index contributed by atoms with van der Waals surface area (Å²) in [7, 11) is 0. The van der Waals surface area contributed by atoms with E-state index in [1.807, 2.05) is 0 Å². The van der Waals surface area contributed by atoms with Crippen LogP contribution >= 0.6 is 0 Å². The number of nitrogens with one attached hydrogen (secondary N) is 2. The lowest BCUT2D eigenvalue weighted by molar-refractivity contribution is 1.05. The van der Waals surface area contributed by atoms with Crippen LogP contribution in [0.1, 0.15) is 0 Å². The molecule has 0 aromatic heterocycles. The van der Waals surface area contributed by atoms with Crippen LogP contribution in [0.5, 0.6) is 0 Å². The third-order valence-corrected chi connectivity index (χ3v) is 0.520. The average Bonchev–Trinajstić information content (AvgIpc) is 1.58. The first-order valence-corrected chi connectivity index (χ1v) is 2.42. The molecule has 0 atom stereocenters. The molecular weight excluding hydrogens is 132 g/mol. The molecule has 0 bridgehead atoms. The second kappa shape index (κ2) is 3.33. The van der Waals surface area contributed by atoms with Gasteiger partial charge in [0, 0.05) is 0 Å². The highest BCUT2D eigenvalue weighted by molar-refractivity contribution is 5.92. The van der Waals surface area contributed by atoms with Crippen molar-refractivity contribution in [1.82, 2.24) is 5.32 Å². The van der Waals surface area contributed by atoms with Gasteiger partial charge in [0.05, 0.1) is 5.82 Å². The Morgan fingerprint density at radius 2 is 1.90 bits per heavy atom. The van der Waals surface area contributed by atoms with E-state index in [0.29, 0.717) is 0 Å². The highest BCUT2D eigenvalue weighted by Gasteiger charge is 1.90. The molecule has 0 radical (unpaired) electrons. The Bertz CT molecular complexity index is 176. The molecule has 0 fully saturated rings. The Kier molecular flexibility index (Phi) is 2.76. The van der Waals surface area contributed by atoms with Gasteiger partial charge >= 0.3 is 0 Å². The molecule has 10 heavy (non-hydrogen) atoms. The number of nitrogens with zero attached hydrogens (tertiary/aromatic N) is 1. The number of hydrogen-bond donors (Lipinski definition) is 5. The Hall–Kier alpha value is -1.72. The Labute approximate surface area is 58.3 Å². The van der Waals surface area contributed by atoms with Gasteiger partial charge in [-0.25, -0.2) is 0 Å². The van der Waals surface area contributed by atoms with Gasteiger partial charge in [0.25, 0.3) is 0 Å². The van der Waals surface area contributed by atoms with Crippen molar-refractivity contribution >= 4 is 11.9 Å². The number of guanidine groups is 2. The van der Waals surface area contributed by atoms with Crippen molar-refractivity contribution in [1.29, 1.82) is 5.41 Å². The number of rotatable bonds is 1. The second-order valence-electron chi connectivity index (χ2n) is 1.54. The first-order chi connectivity index (χ1) is 4.52. The molecule has 0 unspecified atom stereocenters. The van der Waals surface area contributed by atoms with Crippen molar-refractivity contribution in [3.8, 4) is 0 Å². The molecule has 0 aliphatic carbocycles. The Morgan fingerprint density at radius 3 is 2.20 bits per heavy atom. The summed E-state index contributed by atoms with van der Waals surface area (Å²) < 4.78 is 0. The van der Waals surface area contributed by atoms with Gasteiger partial charge in [0.1, 0.15) is 0 Å². The molecule has 0 amide bonds. The number of nitrogens with two attached hydrogens (primary N) is 3. The summed E-state index contributed by atoms with van der Waals surface area (Å²) >= 11 is 0. The molecule has 0 rings (SSSR count). The summed E-state index contributed by atoms with van der Waals surface area (Å²) in [5.41, 5.74) is 15.0. The first kappa shape index (κ1) is 8.28. The fourth-order valence-electron chi connectivity index (χ4n) is 0.309. The minimum Gasteiger partial charge on any atom is -0.386 e. The van der Waals surface area contributed by atoms with Crippen LogP contribution in [0.2, 0.25) is 0 Å². The normalized spacial score (nSPS) is 8.00. The maximum atomic E-state index is 6.95. The minimum atomic E-state index is -0.229. The van der Waals surface area contributed by atoms with Crippen molar-refractivity contribution in [2.45, 2.75) is 0 Å². The van der Waals surface area contributed by atoms with Gasteiger partial charge in [0.2, 0.25) is 5.96 Å². The van der Waals surface area contributed by atoms with Gasteiger partial charge in [-0.15, -0.1) is 0 Å². The van der Waals surface area contributed by atoms with Crippen molar-refractivity contribution in [3.05, 3.63) is 12.4 Å². The van der Waals surface area contributed by atoms with E-state index in [1.54, 1.807) is 0 Å². The van der Waals surface area contributed by atoms with Crippen molar-refractivity contribution in [2.24, 2.45) is 22.2 Å². The second-order valence-corrected chi connectivity index (χ2v) is 1.54. The molecule has 0 heterocycles. The third kappa shape index (κ3) is 4.44. The molecule has 0 aliphatic rings. The molecule has 8 N–H and O–H groups in total. The highest BCUT2D eigenvalue weighted by Crippen LogP contribution is 1.71. The van der Waals surface area contributed by atoms with E-state index in [2.05, 4.69) is 16.9 Å². The monoisotopic (exact) mass is 142 g/mol. The van der Waals surface area contributed by atoms with E-state index >= 15 is 0 Å². The molecule has 56 valence electrons. The quantitative estimate of drug-likeness (QED) is 0.219. The van der Waals surface area contributed by atoms with Crippen LogP contribution < -0.4 is 22.5 Å². The van der Waals surface area contributed by atoms with Crippen LogP contribution in [-0.2, 0) is 0 Å². The highest BCUT2D eigenvalue weighted by atomic mass is 15.2. The van der Waals surface area contributed by atoms with E-state index in [4.69, 9.17) is 22.6 Å². The van der Waals surface area contributed by atoms with Crippen LogP contribution in [0.15, 0.2) is 17.4 Å². The molecule has 0 saturated heterocycles. The van der Waals surface area contributed by atoms with Gasteiger partial charge in [-0.3, -0.25) is 5.41 Å². The summed E-state index contributed by atoms with van der Waals surface area (Å²) in [6.07, 6.45) is 0. The van der Waals surface area contributed by atoms with Crippen molar-refractivity contribution in [2.75, 3.05) is 0 Å². The van der Waals surface area contributed by atoms with Gasteiger partial charge in [0.15, 0.2) is 5.96 Å². The fourth-order valence-corrected chi connectivity index (χ4v) is 0.309. The molecule has 0 aliphatic heterocycles. The average molecular weight is 142 g/mol. The fraction of sp³-hybridized carbons (Fsp3) is 0. The summed E-state index contributed by atoms with van der Waals surface area (Å²) in [6, 6.07) is 0. The summed E-state index contributed by atoms with van der Waals surface area (Å²) in [4.78, 5) is 3.32. The first-order valence-electron chi connectivity index (χ1n) is 2.42. The zero-order valence-electron chi connectivity index (χ0n) is 5.39.